The monoisotopic (exact) mass is 451 g/mol. The molecule has 1 N–H and O–H groups in total. The predicted octanol–water partition coefficient (Wildman–Crippen LogP) is 4.20. The first-order valence-corrected chi connectivity index (χ1v) is 11.3. The molecular formula is C25H29N3O5. The second-order valence-electron chi connectivity index (χ2n) is 8.23. The van der Waals surface area contributed by atoms with Gasteiger partial charge in [0, 0.05) is 17.8 Å². The number of hydrogen-bond donors (Lipinski definition) is 1. The molecule has 1 aliphatic carbocycles. The SMILES string of the molecule is CCOc1ccc(NC(=O)CC2C(=O)N(c3cccc(OC)c3)C(=O)N2C2CCCC2)cc1. The van der Waals surface area contributed by atoms with Gasteiger partial charge in [0.05, 0.1) is 25.8 Å². The first-order valence-electron chi connectivity index (χ1n) is 11.3. The van der Waals surface area contributed by atoms with E-state index in [1.807, 2.05) is 6.92 Å². The Bertz CT molecular complexity index is 1020. The molecule has 4 rings (SSSR count). The molecule has 4 amide bonds. The van der Waals surface area contributed by atoms with Gasteiger partial charge in [0.1, 0.15) is 17.5 Å². The highest BCUT2D eigenvalue weighted by molar-refractivity contribution is 6.22. The number of anilines is 2. The van der Waals surface area contributed by atoms with Crippen molar-refractivity contribution >= 4 is 29.2 Å². The van der Waals surface area contributed by atoms with Gasteiger partial charge < -0.3 is 19.7 Å². The van der Waals surface area contributed by atoms with E-state index in [4.69, 9.17) is 9.47 Å². The van der Waals surface area contributed by atoms with Gasteiger partial charge in [-0.25, -0.2) is 9.69 Å². The van der Waals surface area contributed by atoms with Crippen LogP contribution in [0, 0.1) is 0 Å². The summed E-state index contributed by atoms with van der Waals surface area (Å²) in [6.45, 7) is 2.46. The van der Waals surface area contributed by atoms with Crippen LogP contribution in [0.5, 0.6) is 11.5 Å². The molecule has 0 aromatic heterocycles. The fraction of sp³-hybridized carbons (Fsp3) is 0.400. The van der Waals surface area contributed by atoms with Crippen LogP contribution in [0.25, 0.3) is 0 Å². The van der Waals surface area contributed by atoms with Gasteiger partial charge in [-0.2, -0.15) is 0 Å². The summed E-state index contributed by atoms with van der Waals surface area (Å²) in [6, 6.07) is 12.7. The lowest BCUT2D eigenvalue weighted by atomic mass is 10.1. The molecule has 1 aliphatic heterocycles. The maximum Gasteiger partial charge on any atom is 0.332 e. The Kier molecular flexibility index (Phi) is 6.82. The number of rotatable bonds is 8. The van der Waals surface area contributed by atoms with Crippen molar-refractivity contribution in [3.63, 3.8) is 0 Å². The van der Waals surface area contributed by atoms with Crippen LogP contribution in [0.4, 0.5) is 16.2 Å². The van der Waals surface area contributed by atoms with Gasteiger partial charge in [0.25, 0.3) is 5.91 Å². The molecule has 8 heteroatoms. The highest BCUT2D eigenvalue weighted by Crippen LogP contribution is 2.35. The Morgan fingerprint density at radius 2 is 1.79 bits per heavy atom. The van der Waals surface area contributed by atoms with E-state index in [0.717, 1.165) is 25.7 Å². The number of nitrogens with one attached hydrogen (secondary N) is 1. The summed E-state index contributed by atoms with van der Waals surface area (Å²) in [5.41, 5.74) is 1.05. The van der Waals surface area contributed by atoms with Crippen LogP contribution in [0.15, 0.2) is 48.5 Å². The van der Waals surface area contributed by atoms with E-state index in [1.54, 1.807) is 53.4 Å². The van der Waals surface area contributed by atoms with E-state index in [9.17, 15) is 14.4 Å². The number of amides is 4. The summed E-state index contributed by atoms with van der Waals surface area (Å²) >= 11 is 0. The van der Waals surface area contributed by atoms with Gasteiger partial charge in [0.2, 0.25) is 5.91 Å². The normalized spacial score (nSPS) is 18.7. The number of carbonyl (C=O) groups excluding carboxylic acids is 3. The largest absolute Gasteiger partial charge is 0.497 e. The molecule has 0 bridgehead atoms. The number of nitrogens with zero attached hydrogens (tertiary/aromatic N) is 2. The average molecular weight is 452 g/mol. The number of carbonyl (C=O) groups is 3. The van der Waals surface area contributed by atoms with Gasteiger partial charge in [-0.05, 0) is 56.2 Å². The molecule has 1 heterocycles. The minimum absolute atomic E-state index is 0.0414. The molecule has 33 heavy (non-hydrogen) atoms. The maximum absolute atomic E-state index is 13.4. The number of imide groups is 1. The molecule has 1 saturated heterocycles. The third kappa shape index (κ3) is 4.79. The summed E-state index contributed by atoms with van der Waals surface area (Å²) in [4.78, 5) is 42.5. The van der Waals surface area contributed by atoms with Gasteiger partial charge in [0.15, 0.2) is 0 Å². The van der Waals surface area contributed by atoms with Crippen LogP contribution in [0.2, 0.25) is 0 Å². The lowest BCUT2D eigenvalue weighted by Gasteiger charge is -2.27. The van der Waals surface area contributed by atoms with Crippen LogP contribution in [0.3, 0.4) is 0 Å². The van der Waals surface area contributed by atoms with Gasteiger partial charge >= 0.3 is 6.03 Å². The summed E-state index contributed by atoms with van der Waals surface area (Å²) in [6.07, 6.45) is 3.58. The Morgan fingerprint density at radius 3 is 2.45 bits per heavy atom. The van der Waals surface area contributed by atoms with Crippen LogP contribution in [-0.4, -0.2) is 48.5 Å². The molecule has 2 aliphatic rings. The van der Waals surface area contributed by atoms with Crippen molar-refractivity contribution in [2.75, 3.05) is 23.9 Å². The predicted molar refractivity (Wildman–Crippen MR) is 125 cm³/mol. The van der Waals surface area contributed by atoms with Crippen molar-refractivity contribution in [3.8, 4) is 11.5 Å². The van der Waals surface area contributed by atoms with Gasteiger partial charge in [-0.3, -0.25) is 9.59 Å². The number of benzene rings is 2. The van der Waals surface area contributed by atoms with Crippen molar-refractivity contribution < 1.29 is 23.9 Å². The molecule has 1 saturated carbocycles. The van der Waals surface area contributed by atoms with Crippen molar-refractivity contribution in [1.29, 1.82) is 0 Å². The second kappa shape index (κ2) is 9.94. The highest BCUT2D eigenvalue weighted by Gasteiger charge is 2.49. The van der Waals surface area contributed by atoms with Crippen molar-refractivity contribution in [3.05, 3.63) is 48.5 Å². The lowest BCUT2D eigenvalue weighted by Crippen LogP contribution is -2.43. The fourth-order valence-corrected chi connectivity index (χ4v) is 4.57. The molecule has 2 aromatic carbocycles. The van der Waals surface area contributed by atoms with Gasteiger partial charge in [-0.1, -0.05) is 18.9 Å². The van der Waals surface area contributed by atoms with Crippen LogP contribution < -0.4 is 19.7 Å². The van der Waals surface area contributed by atoms with Crippen LogP contribution in [0.1, 0.15) is 39.0 Å². The Labute approximate surface area is 193 Å². The van der Waals surface area contributed by atoms with Crippen LogP contribution in [-0.2, 0) is 9.59 Å². The highest BCUT2D eigenvalue weighted by atomic mass is 16.5. The topological polar surface area (TPSA) is 88.2 Å². The minimum atomic E-state index is -0.838. The Balaban J connectivity index is 1.54. The standard InChI is InChI=1S/C25H29N3O5/c1-3-33-20-13-11-17(12-14-20)26-23(29)16-22-24(30)28(19-9-6-10-21(15-19)32-2)25(31)27(22)18-7-4-5-8-18/h6,9-15,18,22H,3-5,7-8,16H2,1-2H3,(H,26,29). The lowest BCUT2D eigenvalue weighted by molar-refractivity contribution is -0.124. The third-order valence-corrected chi connectivity index (χ3v) is 6.11. The number of ether oxygens (including phenoxy) is 2. The number of methoxy groups -OCH3 is 1. The van der Waals surface area contributed by atoms with E-state index in [-0.39, 0.29) is 30.3 Å². The van der Waals surface area contributed by atoms with E-state index in [0.29, 0.717) is 29.5 Å². The van der Waals surface area contributed by atoms with Crippen molar-refractivity contribution in [2.24, 2.45) is 0 Å². The Hall–Kier alpha value is -3.55. The second-order valence-corrected chi connectivity index (χ2v) is 8.23. The summed E-state index contributed by atoms with van der Waals surface area (Å²) in [5.74, 6) is 0.563. The van der Waals surface area contributed by atoms with E-state index in [1.165, 1.54) is 12.0 Å². The van der Waals surface area contributed by atoms with E-state index in [2.05, 4.69) is 5.32 Å². The van der Waals surface area contributed by atoms with Crippen LogP contribution >= 0.6 is 0 Å². The maximum atomic E-state index is 13.4. The summed E-state index contributed by atoms with van der Waals surface area (Å²) < 4.78 is 10.7. The molecule has 1 unspecified atom stereocenters. The molecular weight excluding hydrogens is 422 g/mol. The minimum Gasteiger partial charge on any atom is -0.497 e. The van der Waals surface area contributed by atoms with Gasteiger partial charge in [-0.15, -0.1) is 0 Å². The summed E-state index contributed by atoms with van der Waals surface area (Å²) in [5, 5.41) is 2.83. The first kappa shape index (κ1) is 22.6. The molecule has 8 nitrogen and oxygen atoms in total. The molecule has 0 spiro atoms. The molecule has 2 fully saturated rings. The zero-order valence-electron chi connectivity index (χ0n) is 19.0. The summed E-state index contributed by atoms with van der Waals surface area (Å²) in [7, 11) is 1.53. The molecule has 0 radical (unpaired) electrons. The van der Waals surface area contributed by atoms with Crippen molar-refractivity contribution in [2.45, 2.75) is 51.1 Å². The third-order valence-electron chi connectivity index (χ3n) is 6.11. The molecule has 1 atom stereocenters. The quantitative estimate of drug-likeness (QED) is 0.608. The zero-order valence-corrected chi connectivity index (χ0v) is 19.0. The van der Waals surface area contributed by atoms with E-state index < -0.39 is 6.04 Å². The molecule has 2 aromatic rings. The van der Waals surface area contributed by atoms with E-state index >= 15 is 0 Å². The van der Waals surface area contributed by atoms with Crippen molar-refractivity contribution in [1.82, 2.24) is 4.90 Å². The first-order chi connectivity index (χ1) is 16.0. The average Bonchev–Trinajstić information content (AvgIpc) is 3.42. The molecule has 174 valence electrons. The zero-order chi connectivity index (χ0) is 23.4. The smallest absolute Gasteiger partial charge is 0.332 e. The Morgan fingerprint density at radius 1 is 1.06 bits per heavy atom. The number of urea groups is 1. The fourth-order valence-electron chi connectivity index (χ4n) is 4.57. The number of hydrogen-bond acceptors (Lipinski definition) is 5.